The van der Waals surface area contributed by atoms with E-state index in [1.54, 1.807) is 6.92 Å². The van der Waals surface area contributed by atoms with Gasteiger partial charge in [0.15, 0.2) is 0 Å². The third-order valence-corrected chi connectivity index (χ3v) is 6.27. The Morgan fingerprint density at radius 2 is 2.00 bits per heavy atom. The van der Waals surface area contributed by atoms with Crippen molar-refractivity contribution in [3.05, 3.63) is 53.9 Å². The molecule has 0 radical (unpaired) electrons. The van der Waals surface area contributed by atoms with E-state index in [-0.39, 0.29) is 23.8 Å². The average molecular weight is 368 g/mol. The fourth-order valence-corrected chi connectivity index (χ4v) is 4.87. The maximum absolute atomic E-state index is 12.4. The molecule has 0 unspecified atom stereocenters. The minimum Gasteiger partial charge on any atom is -0.393 e. The number of benzene rings is 1. The van der Waals surface area contributed by atoms with E-state index in [1.165, 1.54) is 5.56 Å². The van der Waals surface area contributed by atoms with Crippen molar-refractivity contribution < 1.29 is 9.90 Å². The Labute approximate surface area is 160 Å². The molecule has 0 spiro atoms. The molecule has 2 aliphatic rings. The number of carbonyl (C=O) groups excluding carboxylic acids is 1. The lowest BCUT2D eigenvalue weighted by Gasteiger charge is -2.31. The smallest absolute Gasteiger partial charge is 0.219 e. The number of rotatable bonds is 3. The topological polar surface area (TPSA) is 61.6 Å². The monoisotopic (exact) mass is 368 g/mol. The summed E-state index contributed by atoms with van der Waals surface area (Å²) in [7, 11) is 1.95. The second-order valence-corrected chi connectivity index (χ2v) is 7.87. The van der Waals surface area contributed by atoms with E-state index in [9.17, 15) is 9.90 Å². The molecule has 1 aromatic heterocycles. The van der Waals surface area contributed by atoms with Gasteiger partial charge in [0.25, 0.3) is 0 Å². The van der Waals surface area contributed by atoms with Gasteiger partial charge in [0, 0.05) is 58.2 Å². The van der Waals surface area contributed by atoms with Crippen molar-refractivity contribution in [3.63, 3.8) is 0 Å². The first kappa shape index (κ1) is 18.2. The van der Waals surface area contributed by atoms with Crippen LogP contribution in [0.5, 0.6) is 0 Å². The van der Waals surface area contributed by atoms with E-state index in [4.69, 9.17) is 0 Å². The Bertz CT molecular complexity index is 790. The molecule has 1 amide bonds. The summed E-state index contributed by atoms with van der Waals surface area (Å²) < 4.78 is 1.89. The molecule has 3 heterocycles. The molecule has 2 aliphatic heterocycles. The quantitative estimate of drug-likeness (QED) is 0.894. The van der Waals surface area contributed by atoms with Gasteiger partial charge in [0.1, 0.15) is 0 Å². The number of nitrogens with zero attached hydrogens (tertiary/aromatic N) is 4. The van der Waals surface area contributed by atoms with Crippen LogP contribution in [0.2, 0.25) is 0 Å². The summed E-state index contributed by atoms with van der Waals surface area (Å²) in [5.41, 5.74) is 2.37. The Kier molecular flexibility index (Phi) is 5.02. The highest BCUT2D eigenvalue weighted by Gasteiger charge is 2.48. The van der Waals surface area contributed by atoms with Crippen LogP contribution in [-0.2, 0) is 18.4 Å². The van der Waals surface area contributed by atoms with Gasteiger partial charge in [-0.25, -0.2) is 0 Å². The van der Waals surface area contributed by atoms with Gasteiger partial charge in [-0.05, 0) is 18.1 Å². The number of aryl methyl sites for hydroxylation is 1. The Balaban J connectivity index is 1.62. The molecule has 4 atom stereocenters. The third kappa shape index (κ3) is 3.51. The molecule has 144 valence electrons. The molecule has 6 nitrogen and oxygen atoms in total. The van der Waals surface area contributed by atoms with Crippen LogP contribution in [-0.4, -0.2) is 62.4 Å². The SMILES string of the molecule is CC(=O)N1C[C@@H](c2ccccc2)[C@@H]2[C@H](O)CCN(Cc3ccnn3C)C[C@H]21. The van der Waals surface area contributed by atoms with Gasteiger partial charge in [-0.15, -0.1) is 0 Å². The van der Waals surface area contributed by atoms with Crippen LogP contribution in [0.3, 0.4) is 0 Å². The third-order valence-electron chi connectivity index (χ3n) is 6.27. The van der Waals surface area contributed by atoms with Crippen LogP contribution >= 0.6 is 0 Å². The maximum Gasteiger partial charge on any atom is 0.219 e. The standard InChI is InChI=1S/C21H28N4O2/c1-15(26)25-13-18(16-6-4-3-5-7-16)21-19(25)14-24(11-9-20(21)27)12-17-8-10-22-23(17)2/h3-8,10,18-21,27H,9,11-14H2,1-2H3/t18-,19+,20+,21-/m0/s1. The van der Waals surface area contributed by atoms with Crippen molar-refractivity contribution in [2.45, 2.75) is 38.0 Å². The molecule has 0 bridgehead atoms. The van der Waals surface area contributed by atoms with Gasteiger partial charge in [-0.2, -0.15) is 5.10 Å². The molecule has 27 heavy (non-hydrogen) atoms. The molecule has 2 aromatic rings. The number of aliphatic hydroxyl groups is 1. The number of carbonyl (C=O) groups is 1. The average Bonchev–Trinajstić information content (AvgIpc) is 3.19. The summed E-state index contributed by atoms with van der Waals surface area (Å²) in [6, 6.07) is 12.4. The fourth-order valence-electron chi connectivity index (χ4n) is 4.87. The maximum atomic E-state index is 12.4. The van der Waals surface area contributed by atoms with Crippen molar-refractivity contribution in [2.75, 3.05) is 19.6 Å². The van der Waals surface area contributed by atoms with Crippen LogP contribution < -0.4 is 0 Å². The predicted molar refractivity (Wildman–Crippen MR) is 103 cm³/mol. The number of hydrogen-bond donors (Lipinski definition) is 1. The summed E-state index contributed by atoms with van der Waals surface area (Å²) in [6.07, 6.45) is 2.14. The molecular formula is C21H28N4O2. The zero-order valence-corrected chi connectivity index (χ0v) is 16.0. The summed E-state index contributed by atoms with van der Waals surface area (Å²) in [5.74, 6) is 0.359. The lowest BCUT2D eigenvalue weighted by molar-refractivity contribution is -0.130. The number of aromatic nitrogens is 2. The summed E-state index contributed by atoms with van der Waals surface area (Å²) in [5, 5.41) is 15.3. The van der Waals surface area contributed by atoms with Crippen LogP contribution in [0.4, 0.5) is 0 Å². The second-order valence-electron chi connectivity index (χ2n) is 7.87. The van der Waals surface area contributed by atoms with Gasteiger partial charge in [-0.1, -0.05) is 30.3 Å². The van der Waals surface area contributed by atoms with Gasteiger partial charge in [0.05, 0.1) is 17.8 Å². The first-order chi connectivity index (χ1) is 13.0. The van der Waals surface area contributed by atoms with E-state index in [1.807, 2.05) is 47.1 Å². The Morgan fingerprint density at radius 3 is 2.67 bits per heavy atom. The number of likely N-dealkylation sites (tertiary alicyclic amines) is 2. The first-order valence-electron chi connectivity index (χ1n) is 9.74. The highest BCUT2D eigenvalue weighted by Crippen LogP contribution is 2.42. The second kappa shape index (κ2) is 7.44. The fraction of sp³-hybridized carbons (Fsp3) is 0.524. The summed E-state index contributed by atoms with van der Waals surface area (Å²) >= 11 is 0. The number of fused-ring (bicyclic) bond motifs is 1. The van der Waals surface area contributed by atoms with E-state index >= 15 is 0 Å². The van der Waals surface area contributed by atoms with Crippen LogP contribution in [0.25, 0.3) is 0 Å². The molecule has 1 aromatic carbocycles. The van der Waals surface area contributed by atoms with E-state index in [0.717, 1.165) is 31.7 Å². The van der Waals surface area contributed by atoms with Crippen molar-refractivity contribution in [2.24, 2.45) is 13.0 Å². The number of hydrogen-bond acceptors (Lipinski definition) is 4. The van der Waals surface area contributed by atoms with E-state index in [0.29, 0.717) is 6.54 Å². The highest BCUT2D eigenvalue weighted by molar-refractivity contribution is 5.74. The predicted octanol–water partition coefficient (Wildman–Crippen LogP) is 1.62. The zero-order valence-electron chi connectivity index (χ0n) is 16.0. The normalized spacial score (nSPS) is 28.8. The minimum absolute atomic E-state index is 0.0402. The van der Waals surface area contributed by atoms with Gasteiger partial charge >= 0.3 is 0 Å². The van der Waals surface area contributed by atoms with Gasteiger partial charge in [0.2, 0.25) is 5.91 Å². The van der Waals surface area contributed by atoms with Crippen molar-refractivity contribution >= 4 is 5.91 Å². The van der Waals surface area contributed by atoms with Crippen LogP contribution in [0.1, 0.15) is 30.5 Å². The summed E-state index contributed by atoms with van der Waals surface area (Å²) in [6.45, 7) is 4.73. The molecule has 0 saturated carbocycles. The van der Waals surface area contributed by atoms with Gasteiger partial charge < -0.3 is 10.0 Å². The minimum atomic E-state index is -0.402. The number of aliphatic hydroxyl groups excluding tert-OH is 1. The summed E-state index contributed by atoms with van der Waals surface area (Å²) in [4.78, 5) is 16.7. The Morgan fingerprint density at radius 1 is 1.22 bits per heavy atom. The molecular weight excluding hydrogens is 340 g/mol. The van der Waals surface area contributed by atoms with Crippen molar-refractivity contribution in [3.8, 4) is 0 Å². The lowest BCUT2D eigenvalue weighted by atomic mass is 9.81. The van der Waals surface area contributed by atoms with E-state index in [2.05, 4.69) is 22.1 Å². The first-order valence-corrected chi connectivity index (χ1v) is 9.74. The van der Waals surface area contributed by atoms with Crippen LogP contribution in [0.15, 0.2) is 42.6 Å². The largest absolute Gasteiger partial charge is 0.393 e. The molecule has 2 fully saturated rings. The van der Waals surface area contributed by atoms with Gasteiger partial charge in [-0.3, -0.25) is 14.4 Å². The lowest BCUT2D eigenvalue weighted by Crippen LogP contribution is -2.44. The van der Waals surface area contributed by atoms with Crippen molar-refractivity contribution in [1.29, 1.82) is 0 Å². The van der Waals surface area contributed by atoms with Crippen molar-refractivity contribution in [1.82, 2.24) is 19.6 Å². The molecule has 1 N–H and O–H groups in total. The molecule has 0 aliphatic carbocycles. The Hall–Kier alpha value is -2.18. The highest BCUT2D eigenvalue weighted by atomic mass is 16.3. The zero-order chi connectivity index (χ0) is 19.0. The molecule has 4 rings (SSSR count). The molecule has 2 saturated heterocycles. The van der Waals surface area contributed by atoms with Crippen LogP contribution in [0, 0.1) is 5.92 Å². The number of amides is 1. The molecule has 6 heteroatoms. The van der Waals surface area contributed by atoms with E-state index < -0.39 is 6.10 Å².